The standard InChI is InChI=1S/C12H13N3O4S/c1-7-3-4-9(5-8(7)2)15-20(18,19)11-10(12(16)17)6-13-14-11/h3-6,15H,1-2H3,(H,13,14)(H,16,17). The molecule has 0 spiro atoms. The Kier molecular flexibility index (Phi) is 3.49. The molecule has 0 aliphatic heterocycles. The number of carboxylic acid groups (broad SMARTS) is 1. The molecule has 7 nitrogen and oxygen atoms in total. The molecule has 20 heavy (non-hydrogen) atoms. The lowest BCUT2D eigenvalue weighted by atomic mass is 10.1. The van der Waals surface area contributed by atoms with Crippen molar-refractivity contribution in [1.82, 2.24) is 10.2 Å². The molecular formula is C12H13N3O4S. The number of carbonyl (C=O) groups is 1. The van der Waals surface area contributed by atoms with Gasteiger partial charge >= 0.3 is 5.97 Å². The molecular weight excluding hydrogens is 282 g/mol. The molecule has 0 saturated carbocycles. The summed E-state index contributed by atoms with van der Waals surface area (Å²) in [6.45, 7) is 3.76. The normalized spacial score (nSPS) is 11.3. The highest BCUT2D eigenvalue weighted by Crippen LogP contribution is 2.19. The highest BCUT2D eigenvalue weighted by molar-refractivity contribution is 7.92. The number of aromatic nitrogens is 2. The van der Waals surface area contributed by atoms with Gasteiger partial charge in [-0.05, 0) is 37.1 Å². The molecule has 3 N–H and O–H groups in total. The molecule has 2 aromatic rings. The van der Waals surface area contributed by atoms with Crippen molar-refractivity contribution in [2.75, 3.05) is 4.72 Å². The van der Waals surface area contributed by atoms with E-state index in [-0.39, 0.29) is 0 Å². The van der Waals surface area contributed by atoms with Gasteiger partial charge in [-0.3, -0.25) is 9.82 Å². The van der Waals surface area contributed by atoms with Crippen LogP contribution in [0.25, 0.3) is 0 Å². The Morgan fingerprint density at radius 3 is 2.60 bits per heavy atom. The predicted octanol–water partition coefficient (Wildman–Crippen LogP) is 1.53. The number of nitrogens with zero attached hydrogens (tertiary/aromatic N) is 1. The Morgan fingerprint density at radius 2 is 2.00 bits per heavy atom. The maximum Gasteiger partial charge on any atom is 0.340 e. The Hall–Kier alpha value is -2.35. The first-order valence-corrected chi connectivity index (χ1v) is 7.16. The summed E-state index contributed by atoms with van der Waals surface area (Å²) in [5.41, 5.74) is 1.91. The third-order valence-electron chi connectivity index (χ3n) is 2.86. The summed E-state index contributed by atoms with van der Waals surface area (Å²) in [5, 5.41) is 14.1. The molecule has 0 bridgehead atoms. The van der Waals surface area contributed by atoms with E-state index in [9.17, 15) is 13.2 Å². The lowest BCUT2D eigenvalue weighted by molar-refractivity contribution is 0.0692. The zero-order chi connectivity index (χ0) is 14.9. The van der Waals surface area contributed by atoms with Gasteiger partial charge in [0.05, 0.1) is 6.20 Å². The second-order valence-electron chi connectivity index (χ2n) is 4.32. The van der Waals surface area contributed by atoms with Crippen LogP contribution in [-0.2, 0) is 10.0 Å². The van der Waals surface area contributed by atoms with Crippen molar-refractivity contribution in [3.05, 3.63) is 41.1 Å². The van der Waals surface area contributed by atoms with E-state index in [2.05, 4.69) is 14.9 Å². The molecule has 0 amide bonds. The molecule has 2 rings (SSSR count). The highest BCUT2D eigenvalue weighted by Gasteiger charge is 2.24. The minimum absolute atomic E-state index is 0.360. The monoisotopic (exact) mass is 295 g/mol. The Morgan fingerprint density at radius 1 is 1.30 bits per heavy atom. The number of carboxylic acids is 1. The lowest BCUT2D eigenvalue weighted by Gasteiger charge is -2.09. The van der Waals surface area contributed by atoms with Crippen LogP contribution in [0, 0.1) is 13.8 Å². The zero-order valence-electron chi connectivity index (χ0n) is 10.8. The summed E-state index contributed by atoms with van der Waals surface area (Å²) in [6.07, 6.45) is 0.956. The van der Waals surface area contributed by atoms with Gasteiger partial charge in [-0.1, -0.05) is 6.07 Å². The fourth-order valence-electron chi connectivity index (χ4n) is 1.64. The molecule has 0 aliphatic carbocycles. The number of hydrogen-bond acceptors (Lipinski definition) is 4. The Labute approximate surface area is 115 Å². The van der Waals surface area contributed by atoms with Crippen LogP contribution in [0.1, 0.15) is 21.5 Å². The SMILES string of the molecule is Cc1ccc(NS(=O)(=O)c2[nH]ncc2C(=O)O)cc1C. The molecule has 0 atom stereocenters. The maximum atomic E-state index is 12.1. The summed E-state index contributed by atoms with van der Waals surface area (Å²) in [5.74, 6) is -1.36. The van der Waals surface area contributed by atoms with Crippen molar-refractivity contribution in [1.29, 1.82) is 0 Å². The van der Waals surface area contributed by atoms with Crippen molar-refractivity contribution >= 4 is 21.7 Å². The molecule has 1 aromatic heterocycles. The number of sulfonamides is 1. The number of rotatable bonds is 4. The number of aromatic amines is 1. The second kappa shape index (κ2) is 4.97. The molecule has 0 unspecified atom stereocenters. The van der Waals surface area contributed by atoms with Crippen LogP contribution in [0.5, 0.6) is 0 Å². The fourth-order valence-corrected chi connectivity index (χ4v) is 2.78. The van der Waals surface area contributed by atoms with E-state index in [1.165, 1.54) is 0 Å². The van der Waals surface area contributed by atoms with Crippen LogP contribution in [0.3, 0.4) is 0 Å². The van der Waals surface area contributed by atoms with Crippen LogP contribution in [0.4, 0.5) is 5.69 Å². The predicted molar refractivity (Wildman–Crippen MR) is 72.3 cm³/mol. The number of hydrogen-bond donors (Lipinski definition) is 3. The summed E-state index contributed by atoms with van der Waals surface area (Å²) >= 11 is 0. The maximum absolute atomic E-state index is 12.1. The molecule has 8 heteroatoms. The summed E-state index contributed by atoms with van der Waals surface area (Å²) in [7, 11) is -4.02. The average molecular weight is 295 g/mol. The van der Waals surface area contributed by atoms with Crippen molar-refractivity contribution in [2.24, 2.45) is 0 Å². The average Bonchev–Trinajstić information content (AvgIpc) is 2.83. The first kappa shape index (κ1) is 14.1. The van der Waals surface area contributed by atoms with Gasteiger partial charge in [0.1, 0.15) is 5.56 Å². The van der Waals surface area contributed by atoms with Gasteiger partial charge in [0.25, 0.3) is 10.0 Å². The van der Waals surface area contributed by atoms with Gasteiger partial charge in [0, 0.05) is 5.69 Å². The number of nitrogens with one attached hydrogen (secondary N) is 2. The van der Waals surface area contributed by atoms with Gasteiger partial charge in [-0.25, -0.2) is 4.79 Å². The summed E-state index contributed by atoms with van der Waals surface area (Å²) in [6, 6.07) is 5.05. The van der Waals surface area contributed by atoms with Crippen molar-refractivity contribution in [2.45, 2.75) is 18.9 Å². The number of aryl methyl sites for hydroxylation is 2. The minimum Gasteiger partial charge on any atom is -0.478 e. The molecule has 1 heterocycles. The number of benzene rings is 1. The topological polar surface area (TPSA) is 112 Å². The second-order valence-corrected chi connectivity index (χ2v) is 5.94. The third kappa shape index (κ3) is 2.64. The van der Waals surface area contributed by atoms with E-state index in [4.69, 9.17) is 5.11 Å². The van der Waals surface area contributed by atoms with E-state index in [1.807, 2.05) is 13.8 Å². The van der Waals surface area contributed by atoms with E-state index in [0.29, 0.717) is 5.69 Å². The van der Waals surface area contributed by atoms with Crippen LogP contribution >= 0.6 is 0 Å². The van der Waals surface area contributed by atoms with Crippen LogP contribution < -0.4 is 4.72 Å². The Bertz CT molecular complexity index is 765. The van der Waals surface area contributed by atoms with Crippen LogP contribution in [-0.4, -0.2) is 29.7 Å². The first-order valence-electron chi connectivity index (χ1n) is 5.68. The van der Waals surface area contributed by atoms with Crippen LogP contribution in [0.2, 0.25) is 0 Å². The van der Waals surface area contributed by atoms with E-state index in [0.717, 1.165) is 17.3 Å². The van der Waals surface area contributed by atoms with E-state index < -0.39 is 26.6 Å². The number of anilines is 1. The Balaban J connectivity index is 2.38. The van der Waals surface area contributed by atoms with Gasteiger partial charge < -0.3 is 5.11 Å². The lowest BCUT2D eigenvalue weighted by Crippen LogP contribution is -2.16. The molecule has 1 aromatic carbocycles. The van der Waals surface area contributed by atoms with Gasteiger partial charge in [0.2, 0.25) is 0 Å². The quantitative estimate of drug-likeness (QED) is 0.791. The van der Waals surface area contributed by atoms with Gasteiger partial charge in [-0.2, -0.15) is 13.5 Å². The minimum atomic E-state index is -4.02. The van der Waals surface area contributed by atoms with Crippen molar-refractivity contribution in [3.8, 4) is 0 Å². The fraction of sp³-hybridized carbons (Fsp3) is 0.167. The van der Waals surface area contributed by atoms with Crippen LogP contribution in [0.15, 0.2) is 29.4 Å². The molecule has 0 saturated heterocycles. The number of H-pyrrole nitrogens is 1. The van der Waals surface area contributed by atoms with E-state index >= 15 is 0 Å². The first-order chi connectivity index (χ1) is 9.31. The largest absolute Gasteiger partial charge is 0.478 e. The smallest absolute Gasteiger partial charge is 0.340 e. The number of aromatic carboxylic acids is 1. The van der Waals surface area contributed by atoms with Crippen molar-refractivity contribution < 1.29 is 18.3 Å². The van der Waals surface area contributed by atoms with Gasteiger partial charge in [0.15, 0.2) is 5.03 Å². The third-order valence-corrected chi connectivity index (χ3v) is 4.22. The van der Waals surface area contributed by atoms with Gasteiger partial charge in [-0.15, -0.1) is 0 Å². The summed E-state index contributed by atoms with van der Waals surface area (Å²) in [4.78, 5) is 10.9. The molecule has 0 aliphatic rings. The highest BCUT2D eigenvalue weighted by atomic mass is 32.2. The van der Waals surface area contributed by atoms with Crippen molar-refractivity contribution in [3.63, 3.8) is 0 Å². The summed E-state index contributed by atoms with van der Waals surface area (Å²) < 4.78 is 26.6. The molecule has 0 fully saturated rings. The molecule has 0 radical (unpaired) electrons. The van der Waals surface area contributed by atoms with E-state index in [1.54, 1.807) is 18.2 Å². The molecule has 106 valence electrons. The zero-order valence-corrected chi connectivity index (χ0v) is 11.7.